The number of rotatable bonds is 9. The molecule has 19 heteroatoms. The van der Waals surface area contributed by atoms with Gasteiger partial charge in [0.15, 0.2) is 5.82 Å². The van der Waals surface area contributed by atoms with Gasteiger partial charge in [0.25, 0.3) is 11.8 Å². The number of benzene rings is 1. The third kappa shape index (κ3) is 6.18. The molecule has 0 spiro atoms. The normalized spacial score (nSPS) is 15.8. The Kier molecular flexibility index (Phi) is 8.17. The molecular formula is C30H23ClF7N9O2. The molecular weight excluding hydrogens is 687 g/mol. The molecule has 2 fully saturated rings. The molecule has 3 aromatic heterocycles. The number of carbonyl (C=O) groups excluding carboxylic acids is 2. The predicted molar refractivity (Wildman–Crippen MR) is 156 cm³/mol. The molecule has 0 saturated heterocycles. The standard InChI is InChI=1S/C30H23ClF7N9O2/c1-15-9-16(12-39)10-19(25(48)43-27(6-7-27)17-4-5-17)23(15)42-26(49)21-11-18(44-47(21)24-20(31)3-2-8-40-24)14-46-41-13-22(45-46)28(32,29(33,34)35)30(36,37)38/h2-3,8-11,13,17H,4-7,14H2,1H3,(H,42,49)(H,43,48). The van der Waals surface area contributed by atoms with Crippen LogP contribution in [0.5, 0.6) is 0 Å². The molecule has 2 aliphatic rings. The number of nitriles is 1. The zero-order chi connectivity index (χ0) is 35.5. The largest absolute Gasteiger partial charge is 0.437 e. The Morgan fingerprint density at radius 1 is 1.06 bits per heavy atom. The first kappa shape index (κ1) is 33.8. The fourth-order valence-electron chi connectivity index (χ4n) is 5.56. The van der Waals surface area contributed by atoms with Gasteiger partial charge in [-0.25, -0.2) is 14.1 Å². The maximum atomic E-state index is 14.5. The summed E-state index contributed by atoms with van der Waals surface area (Å²) in [6.45, 7) is 0.865. The molecule has 0 bridgehead atoms. The van der Waals surface area contributed by atoms with Crippen LogP contribution >= 0.6 is 11.6 Å². The lowest BCUT2D eigenvalue weighted by molar-refractivity contribution is -0.350. The summed E-state index contributed by atoms with van der Waals surface area (Å²) in [4.78, 5) is 31.8. The highest BCUT2D eigenvalue weighted by molar-refractivity contribution is 6.32. The number of hydrogen-bond donors (Lipinski definition) is 2. The monoisotopic (exact) mass is 709 g/mol. The van der Waals surface area contributed by atoms with Crippen LogP contribution in [0.4, 0.5) is 36.4 Å². The van der Waals surface area contributed by atoms with Gasteiger partial charge in [0.2, 0.25) is 0 Å². The van der Waals surface area contributed by atoms with E-state index in [1.165, 1.54) is 30.5 Å². The molecule has 6 rings (SSSR count). The van der Waals surface area contributed by atoms with Crippen molar-refractivity contribution in [3.8, 4) is 11.9 Å². The van der Waals surface area contributed by atoms with Crippen LogP contribution in [0, 0.1) is 24.2 Å². The minimum absolute atomic E-state index is 0.00352. The molecule has 4 aromatic rings. The lowest BCUT2D eigenvalue weighted by Crippen LogP contribution is -2.50. The Bertz CT molecular complexity index is 1990. The highest BCUT2D eigenvalue weighted by Crippen LogP contribution is 2.54. The van der Waals surface area contributed by atoms with Gasteiger partial charge in [-0.2, -0.15) is 51.7 Å². The number of nitrogens with one attached hydrogen (secondary N) is 2. The highest BCUT2D eigenvalue weighted by Gasteiger charge is 2.75. The van der Waals surface area contributed by atoms with Crippen LogP contribution in [0.2, 0.25) is 5.02 Å². The van der Waals surface area contributed by atoms with E-state index in [-0.39, 0.29) is 50.8 Å². The Balaban J connectivity index is 1.35. The van der Waals surface area contributed by atoms with Crippen LogP contribution in [-0.2, 0) is 12.2 Å². The second kappa shape index (κ2) is 11.8. The van der Waals surface area contributed by atoms with E-state index in [1.54, 1.807) is 6.92 Å². The second-order valence-electron chi connectivity index (χ2n) is 11.8. The van der Waals surface area contributed by atoms with E-state index in [4.69, 9.17) is 11.6 Å². The van der Waals surface area contributed by atoms with E-state index in [9.17, 15) is 45.6 Å². The molecule has 11 nitrogen and oxygen atoms in total. The summed E-state index contributed by atoms with van der Waals surface area (Å²) < 4.78 is 95.0. The van der Waals surface area contributed by atoms with Gasteiger partial charge in [0, 0.05) is 11.7 Å². The summed E-state index contributed by atoms with van der Waals surface area (Å²) in [5, 5.41) is 25.9. The molecule has 0 radical (unpaired) electrons. The quantitative estimate of drug-likeness (QED) is 0.204. The van der Waals surface area contributed by atoms with E-state index >= 15 is 0 Å². The molecule has 1 aromatic carbocycles. The van der Waals surface area contributed by atoms with Crippen molar-refractivity contribution in [1.29, 1.82) is 5.26 Å². The maximum absolute atomic E-state index is 14.5. The van der Waals surface area contributed by atoms with Crippen molar-refractivity contribution in [2.24, 2.45) is 5.92 Å². The number of pyridine rings is 1. The first-order valence-electron chi connectivity index (χ1n) is 14.6. The lowest BCUT2D eigenvalue weighted by atomic mass is 10.0. The van der Waals surface area contributed by atoms with Crippen LogP contribution in [0.25, 0.3) is 5.82 Å². The summed E-state index contributed by atoms with van der Waals surface area (Å²) in [5.74, 6) is -1.10. The van der Waals surface area contributed by atoms with Crippen LogP contribution in [0.3, 0.4) is 0 Å². The Morgan fingerprint density at radius 3 is 2.35 bits per heavy atom. The Labute approximate surface area is 277 Å². The van der Waals surface area contributed by atoms with Crippen molar-refractivity contribution >= 4 is 29.1 Å². The topological polar surface area (TPSA) is 143 Å². The second-order valence-corrected chi connectivity index (χ2v) is 12.2. The van der Waals surface area contributed by atoms with E-state index in [1.807, 2.05) is 6.07 Å². The van der Waals surface area contributed by atoms with Crippen LogP contribution in [0.15, 0.2) is 42.7 Å². The van der Waals surface area contributed by atoms with Gasteiger partial charge < -0.3 is 10.6 Å². The van der Waals surface area contributed by atoms with Gasteiger partial charge in [-0.05, 0) is 74.4 Å². The molecule has 2 amide bonds. The van der Waals surface area contributed by atoms with E-state index < -0.39 is 42.1 Å². The summed E-state index contributed by atoms with van der Waals surface area (Å²) in [7, 11) is 0. The molecule has 0 aliphatic heterocycles. The minimum atomic E-state index is -6.40. The van der Waals surface area contributed by atoms with E-state index in [2.05, 4.69) is 30.9 Å². The van der Waals surface area contributed by atoms with Crippen LogP contribution < -0.4 is 10.6 Å². The van der Waals surface area contributed by atoms with E-state index in [0.29, 0.717) is 16.3 Å². The number of amides is 2. The fraction of sp³-hybridized carbons (Fsp3) is 0.367. The average Bonchev–Trinajstić information content (AvgIpc) is 3.94. The number of hydrogen-bond acceptors (Lipinski definition) is 7. The zero-order valence-corrected chi connectivity index (χ0v) is 25.9. The van der Waals surface area contributed by atoms with Crippen molar-refractivity contribution in [1.82, 2.24) is 35.1 Å². The van der Waals surface area contributed by atoms with Gasteiger partial charge >= 0.3 is 18.0 Å². The number of anilines is 1. The van der Waals surface area contributed by atoms with Gasteiger partial charge in [0.05, 0.1) is 39.8 Å². The number of carbonyl (C=O) groups is 2. The first-order valence-corrected chi connectivity index (χ1v) is 15.0. The number of nitrogens with zero attached hydrogens (tertiary/aromatic N) is 7. The van der Waals surface area contributed by atoms with Crippen molar-refractivity contribution in [3.63, 3.8) is 0 Å². The zero-order valence-electron chi connectivity index (χ0n) is 25.1. The maximum Gasteiger partial charge on any atom is 0.437 e. The Hall–Kier alpha value is -5.05. The number of alkyl halides is 7. The molecule has 2 N–H and O–H groups in total. The molecule has 2 saturated carbocycles. The fourth-order valence-corrected chi connectivity index (χ4v) is 5.77. The lowest BCUT2D eigenvalue weighted by Gasteiger charge is -2.27. The van der Waals surface area contributed by atoms with E-state index in [0.717, 1.165) is 36.4 Å². The van der Waals surface area contributed by atoms with Crippen LogP contribution in [0.1, 0.15) is 69.0 Å². The molecule has 3 heterocycles. The summed E-state index contributed by atoms with van der Waals surface area (Å²) >= 11 is 6.30. The molecule has 0 atom stereocenters. The summed E-state index contributed by atoms with van der Waals surface area (Å²) in [6.07, 6.45) is -7.90. The first-order chi connectivity index (χ1) is 23.0. The Morgan fingerprint density at radius 2 is 1.76 bits per heavy atom. The highest BCUT2D eigenvalue weighted by atomic mass is 35.5. The summed E-state index contributed by atoms with van der Waals surface area (Å²) in [6, 6.07) is 8.81. The average molecular weight is 710 g/mol. The SMILES string of the molecule is Cc1cc(C#N)cc(C(=O)NC2(C3CC3)CC2)c1NC(=O)c1cc(Cn2ncc(C(F)(C(F)(F)F)C(F)(F)F)n2)nn1-c1ncccc1Cl. The molecule has 49 heavy (non-hydrogen) atoms. The minimum Gasteiger partial charge on any atom is -0.346 e. The van der Waals surface area contributed by atoms with Crippen molar-refractivity contribution in [3.05, 3.63) is 81.5 Å². The predicted octanol–water partition coefficient (Wildman–Crippen LogP) is 5.95. The third-order valence-corrected chi connectivity index (χ3v) is 8.66. The van der Waals surface area contributed by atoms with Gasteiger partial charge in [0.1, 0.15) is 17.9 Å². The smallest absolute Gasteiger partial charge is 0.346 e. The third-order valence-electron chi connectivity index (χ3n) is 8.36. The molecule has 256 valence electrons. The van der Waals surface area contributed by atoms with Gasteiger partial charge in [-0.3, -0.25) is 9.59 Å². The van der Waals surface area contributed by atoms with Crippen molar-refractivity contribution in [2.45, 2.75) is 62.7 Å². The summed E-state index contributed by atoms with van der Waals surface area (Å²) in [5.41, 5.74) is -7.99. The number of aryl methyl sites for hydroxylation is 1. The number of aromatic nitrogens is 6. The molecule has 0 unspecified atom stereocenters. The number of halogens is 8. The van der Waals surface area contributed by atoms with Crippen molar-refractivity contribution < 1.29 is 40.3 Å². The van der Waals surface area contributed by atoms with Gasteiger partial charge in [-0.1, -0.05) is 11.6 Å². The van der Waals surface area contributed by atoms with Crippen molar-refractivity contribution in [2.75, 3.05) is 5.32 Å². The van der Waals surface area contributed by atoms with Gasteiger partial charge in [-0.15, -0.1) is 0 Å². The van der Waals surface area contributed by atoms with Crippen LogP contribution in [-0.4, -0.2) is 59.5 Å². The molecule has 2 aliphatic carbocycles.